The molecule has 4 aliphatic rings. The van der Waals surface area contributed by atoms with Gasteiger partial charge in [0.2, 0.25) is 5.78 Å². The van der Waals surface area contributed by atoms with Gasteiger partial charge in [-0.1, -0.05) is 79.4 Å². The van der Waals surface area contributed by atoms with Crippen molar-refractivity contribution in [2.45, 2.75) is 111 Å². The van der Waals surface area contributed by atoms with Crippen molar-refractivity contribution in [2.75, 3.05) is 0 Å². The average molecular weight is 609 g/mol. The Labute approximate surface area is 259 Å². The van der Waals surface area contributed by atoms with E-state index in [1.807, 2.05) is 12.1 Å². The first-order valence-corrected chi connectivity index (χ1v) is 16.2. The number of ketones is 3. The molecule has 1 aromatic rings. The summed E-state index contributed by atoms with van der Waals surface area (Å²) in [4.78, 5) is 41.0. The van der Waals surface area contributed by atoms with E-state index in [2.05, 4.69) is 6.92 Å². The second-order valence-corrected chi connectivity index (χ2v) is 14.7. The van der Waals surface area contributed by atoms with E-state index in [0.717, 1.165) is 38.5 Å². The van der Waals surface area contributed by atoms with Gasteiger partial charge in [-0.05, 0) is 61.0 Å². The number of carbonyl (C=O) groups excluding carboxylic acids is 3. The second-order valence-electron chi connectivity index (χ2n) is 14.7. The number of phenolic OH excluding ortho intramolecular Hbond substituents is 1. The third-order valence-corrected chi connectivity index (χ3v) is 12.1. The molecule has 1 aromatic carbocycles. The van der Waals surface area contributed by atoms with Gasteiger partial charge < -0.3 is 25.5 Å². The molecule has 0 aromatic heterocycles. The first kappa shape index (κ1) is 32.4. The number of rotatable bonds is 6. The predicted molar refractivity (Wildman–Crippen MR) is 165 cm³/mol. The van der Waals surface area contributed by atoms with Crippen molar-refractivity contribution in [1.82, 2.24) is 0 Å². The van der Waals surface area contributed by atoms with Gasteiger partial charge >= 0.3 is 0 Å². The zero-order valence-corrected chi connectivity index (χ0v) is 27.0. The fourth-order valence-corrected chi connectivity index (χ4v) is 9.59. The number of Topliss-reactive ketones (excluding diaryl/α,β-unsaturated/α-hetero) is 3. The lowest BCUT2D eigenvalue weighted by Gasteiger charge is -2.63. The first-order valence-electron chi connectivity index (χ1n) is 16.2. The first-order chi connectivity index (χ1) is 20.5. The van der Waals surface area contributed by atoms with Crippen molar-refractivity contribution in [3.8, 4) is 5.75 Å². The molecule has 1 fully saturated rings. The van der Waals surface area contributed by atoms with Crippen molar-refractivity contribution in [2.24, 2.45) is 34.5 Å². The number of fused-ring (bicyclic) bond motifs is 3. The van der Waals surface area contributed by atoms with Crippen LogP contribution in [0.15, 0.2) is 34.8 Å². The van der Waals surface area contributed by atoms with Gasteiger partial charge in [-0.2, -0.15) is 0 Å². The lowest BCUT2D eigenvalue weighted by atomic mass is 9.41. The van der Waals surface area contributed by atoms with Crippen molar-refractivity contribution >= 4 is 17.3 Å². The van der Waals surface area contributed by atoms with Crippen LogP contribution in [0.1, 0.15) is 114 Å². The third-order valence-electron chi connectivity index (χ3n) is 12.1. The van der Waals surface area contributed by atoms with Gasteiger partial charge in [0.1, 0.15) is 22.8 Å². The molecule has 1 saturated carbocycles. The smallest absolute Gasteiger partial charge is 0.209 e. The fraction of sp³-hybridized carbons (Fsp3) is 0.639. The highest BCUT2D eigenvalue weighted by atomic mass is 16.4. The van der Waals surface area contributed by atoms with Crippen LogP contribution in [-0.4, -0.2) is 54.6 Å². The number of hydrogen-bond acceptors (Lipinski definition) is 8. The van der Waals surface area contributed by atoms with Gasteiger partial charge in [-0.3, -0.25) is 14.4 Å². The van der Waals surface area contributed by atoms with Crippen molar-refractivity contribution in [3.63, 3.8) is 0 Å². The van der Waals surface area contributed by atoms with E-state index < -0.39 is 74.7 Å². The molecule has 8 nitrogen and oxygen atoms in total. The van der Waals surface area contributed by atoms with Crippen LogP contribution in [0.25, 0.3) is 0 Å². The van der Waals surface area contributed by atoms with Gasteiger partial charge in [0.25, 0.3) is 0 Å². The van der Waals surface area contributed by atoms with Crippen LogP contribution < -0.4 is 0 Å². The van der Waals surface area contributed by atoms with E-state index in [1.165, 1.54) is 19.8 Å². The third kappa shape index (κ3) is 4.05. The molecule has 4 aliphatic carbocycles. The van der Waals surface area contributed by atoms with Gasteiger partial charge in [-0.25, -0.2) is 0 Å². The number of aliphatic hydroxyl groups excluding tert-OH is 3. The van der Waals surface area contributed by atoms with E-state index in [4.69, 9.17) is 0 Å². The fourth-order valence-electron chi connectivity index (χ4n) is 9.59. The number of phenols is 1. The van der Waals surface area contributed by atoms with Crippen LogP contribution in [0.4, 0.5) is 0 Å². The Balaban J connectivity index is 1.67. The lowest BCUT2D eigenvalue weighted by Crippen LogP contribution is -2.73. The van der Waals surface area contributed by atoms with Gasteiger partial charge in [0.05, 0.1) is 17.2 Å². The highest BCUT2D eigenvalue weighted by Crippen LogP contribution is 2.67. The van der Waals surface area contributed by atoms with Crippen LogP contribution >= 0.6 is 0 Å². The summed E-state index contributed by atoms with van der Waals surface area (Å²) in [5, 5.41) is 59.4. The number of allylic oxidation sites excluding steroid dienone is 1. The Kier molecular flexibility index (Phi) is 7.98. The Morgan fingerprint density at radius 1 is 1.02 bits per heavy atom. The zero-order valence-electron chi connectivity index (χ0n) is 27.0. The summed E-state index contributed by atoms with van der Waals surface area (Å²) in [6.45, 7) is 11.6. The van der Waals surface area contributed by atoms with E-state index in [1.54, 1.807) is 27.7 Å². The topological polar surface area (TPSA) is 152 Å². The minimum atomic E-state index is -2.87. The molecule has 5 N–H and O–H groups in total. The summed E-state index contributed by atoms with van der Waals surface area (Å²) in [6, 6.07) is 3.65. The molecule has 0 heterocycles. The van der Waals surface area contributed by atoms with Crippen molar-refractivity contribution in [3.05, 3.63) is 51.5 Å². The largest absolute Gasteiger partial charge is 0.511 e. The molecule has 5 rings (SSSR count). The summed E-state index contributed by atoms with van der Waals surface area (Å²) in [5.41, 5.74) is -6.16. The summed E-state index contributed by atoms with van der Waals surface area (Å²) in [7, 11) is 0. The van der Waals surface area contributed by atoms with E-state index in [-0.39, 0.29) is 16.9 Å². The molecule has 0 saturated heterocycles. The van der Waals surface area contributed by atoms with Gasteiger partial charge in [0, 0.05) is 16.7 Å². The highest BCUT2D eigenvalue weighted by molar-refractivity contribution is 6.25. The number of carbonyl (C=O) groups is 3. The Bertz CT molecular complexity index is 1480. The molecular formula is C36H48O8. The molecule has 0 spiro atoms. The molecular weight excluding hydrogens is 560 g/mol. The normalized spacial score (nSPS) is 37.2. The van der Waals surface area contributed by atoms with Gasteiger partial charge in [0.15, 0.2) is 17.2 Å². The van der Waals surface area contributed by atoms with E-state index >= 15 is 0 Å². The Morgan fingerprint density at radius 2 is 1.61 bits per heavy atom. The molecule has 0 radical (unpaired) electrons. The number of benzene rings is 1. The summed E-state index contributed by atoms with van der Waals surface area (Å²) < 4.78 is 0. The SMILES string of the molecule is CCCC1CCC(Cc2ccc3c(c2O)C(=O)C2=C(O)[C@@]4(O)C(=O)C(C(C)=O)=C(O)C(C(C)C)[C@@]4(C)[C@H](O)[C@@]2(C)[C@@H]3C)CC1. The van der Waals surface area contributed by atoms with Crippen molar-refractivity contribution in [1.29, 1.82) is 0 Å². The average Bonchev–Trinajstić information content (AvgIpc) is 2.95. The minimum absolute atomic E-state index is 0.00180. The number of hydrogen-bond donors (Lipinski definition) is 5. The summed E-state index contributed by atoms with van der Waals surface area (Å²) in [6.07, 6.45) is 5.76. The maximum Gasteiger partial charge on any atom is 0.209 e. The monoisotopic (exact) mass is 608 g/mol. The van der Waals surface area contributed by atoms with Crippen LogP contribution in [0.5, 0.6) is 5.75 Å². The maximum atomic E-state index is 14.4. The summed E-state index contributed by atoms with van der Waals surface area (Å²) in [5.74, 6) is -5.59. The van der Waals surface area contributed by atoms with Crippen LogP contribution in [0.3, 0.4) is 0 Å². The van der Waals surface area contributed by atoms with Crippen LogP contribution in [0.2, 0.25) is 0 Å². The number of aromatic hydroxyl groups is 1. The quantitative estimate of drug-likeness (QED) is 0.246. The van der Waals surface area contributed by atoms with Crippen LogP contribution in [0, 0.1) is 34.5 Å². The maximum absolute atomic E-state index is 14.4. The zero-order chi connectivity index (χ0) is 32.7. The highest BCUT2D eigenvalue weighted by Gasteiger charge is 2.76. The molecule has 1 unspecified atom stereocenters. The predicted octanol–water partition coefficient (Wildman–Crippen LogP) is 6.03. The second kappa shape index (κ2) is 10.8. The minimum Gasteiger partial charge on any atom is -0.511 e. The molecule has 0 bridgehead atoms. The van der Waals surface area contributed by atoms with E-state index in [9.17, 15) is 39.9 Å². The standard InChI is InChI=1S/C36H48O8/c1-8-9-20-10-12-21(13-11-20)16-22-14-15-23-18(4)34(6)27(30(40)25(23)28(22)38)32(42)36(44)31(41)24(19(5)37)29(39)26(17(2)3)35(36,7)33(34)43/h14-15,17-18,20-21,26,33,38-39,42-44H,8-13,16H2,1-7H3/t18-,20?,21?,26?,33-,34+,35+,36+/m1/s1. The summed E-state index contributed by atoms with van der Waals surface area (Å²) >= 11 is 0. The lowest BCUT2D eigenvalue weighted by molar-refractivity contribution is -0.211. The van der Waals surface area contributed by atoms with Gasteiger partial charge in [-0.15, -0.1) is 0 Å². The molecule has 0 aliphatic heterocycles. The van der Waals surface area contributed by atoms with Crippen LogP contribution in [-0.2, 0) is 16.0 Å². The molecule has 8 heteroatoms. The molecule has 240 valence electrons. The molecule has 6 atom stereocenters. The number of aliphatic hydroxyl groups is 4. The Morgan fingerprint density at radius 3 is 2.16 bits per heavy atom. The Hall–Kier alpha value is -2.97. The van der Waals surface area contributed by atoms with E-state index in [0.29, 0.717) is 23.5 Å². The molecule has 0 amide bonds. The van der Waals surface area contributed by atoms with Crippen molar-refractivity contribution < 1.29 is 39.9 Å². The molecule has 44 heavy (non-hydrogen) atoms.